The van der Waals surface area contributed by atoms with E-state index in [2.05, 4.69) is 17.4 Å². The summed E-state index contributed by atoms with van der Waals surface area (Å²) in [6.07, 6.45) is -1.03. The number of amides is 2. The molecule has 8 heteroatoms. The molecule has 1 aliphatic carbocycles. The van der Waals surface area contributed by atoms with Gasteiger partial charge in [-0.25, -0.2) is 9.59 Å². The summed E-state index contributed by atoms with van der Waals surface area (Å²) in [5.41, 5.74) is 4.47. The molecule has 3 N–H and O–H groups in total. The van der Waals surface area contributed by atoms with Crippen LogP contribution in [0.3, 0.4) is 0 Å². The van der Waals surface area contributed by atoms with Gasteiger partial charge in [0.25, 0.3) is 0 Å². The predicted octanol–water partition coefficient (Wildman–Crippen LogP) is 2.35. The fourth-order valence-electron chi connectivity index (χ4n) is 4.56. The average Bonchev–Trinajstić information content (AvgIpc) is 3.40. The number of nitrogens with zero attached hydrogens (tertiary/aromatic N) is 1. The maximum atomic E-state index is 12.3. The van der Waals surface area contributed by atoms with Crippen LogP contribution in [0.1, 0.15) is 36.3 Å². The third kappa shape index (κ3) is 4.45. The van der Waals surface area contributed by atoms with Gasteiger partial charge in [-0.2, -0.15) is 0 Å². The van der Waals surface area contributed by atoms with Crippen LogP contribution in [0.15, 0.2) is 48.5 Å². The lowest BCUT2D eigenvalue weighted by Crippen LogP contribution is -2.43. The van der Waals surface area contributed by atoms with E-state index in [9.17, 15) is 24.6 Å². The van der Waals surface area contributed by atoms with Crippen LogP contribution in [0, 0.1) is 0 Å². The van der Waals surface area contributed by atoms with Crippen LogP contribution in [0.5, 0.6) is 0 Å². The molecular formula is C24H26N2O6. The summed E-state index contributed by atoms with van der Waals surface area (Å²) in [7, 11) is 0. The van der Waals surface area contributed by atoms with E-state index in [0.717, 1.165) is 22.3 Å². The molecule has 2 aliphatic rings. The number of carbonyl (C=O) groups excluding carboxylic acids is 2. The Kier molecular flexibility index (Phi) is 6.41. The number of hydrogen-bond acceptors (Lipinski definition) is 5. The lowest BCUT2D eigenvalue weighted by Gasteiger charge is -2.23. The summed E-state index contributed by atoms with van der Waals surface area (Å²) in [4.78, 5) is 37.0. The second kappa shape index (κ2) is 9.40. The summed E-state index contributed by atoms with van der Waals surface area (Å²) in [5, 5.41) is 21.8. The molecule has 1 heterocycles. The van der Waals surface area contributed by atoms with Crippen LogP contribution in [0.25, 0.3) is 11.1 Å². The van der Waals surface area contributed by atoms with Crippen LogP contribution >= 0.6 is 0 Å². The summed E-state index contributed by atoms with van der Waals surface area (Å²) >= 11 is 0. The molecule has 1 saturated heterocycles. The molecule has 2 amide bonds. The Labute approximate surface area is 185 Å². The Morgan fingerprint density at radius 3 is 2.31 bits per heavy atom. The third-order valence-corrected chi connectivity index (χ3v) is 6.09. The largest absolute Gasteiger partial charge is 0.480 e. The van der Waals surface area contributed by atoms with Crippen LogP contribution in [-0.4, -0.2) is 64.9 Å². The molecular weight excluding hydrogens is 412 g/mol. The van der Waals surface area contributed by atoms with Crippen molar-refractivity contribution in [3.05, 3.63) is 59.7 Å². The summed E-state index contributed by atoms with van der Waals surface area (Å²) in [6, 6.07) is 15.2. The van der Waals surface area contributed by atoms with Gasteiger partial charge < -0.3 is 25.2 Å². The van der Waals surface area contributed by atoms with Crippen molar-refractivity contribution in [2.75, 3.05) is 19.7 Å². The number of rotatable bonds is 7. The lowest BCUT2D eigenvalue weighted by molar-refractivity contribution is -0.149. The maximum Gasteiger partial charge on any atom is 0.407 e. The molecule has 0 radical (unpaired) electrons. The highest BCUT2D eigenvalue weighted by Gasteiger charge is 2.34. The maximum absolute atomic E-state index is 12.3. The van der Waals surface area contributed by atoms with Crippen molar-refractivity contribution >= 4 is 18.0 Å². The fourth-order valence-corrected chi connectivity index (χ4v) is 4.56. The highest BCUT2D eigenvalue weighted by molar-refractivity contribution is 5.84. The first-order chi connectivity index (χ1) is 15.5. The van der Waals surface area contributed by atoms with E-state index < -0.39 is 30.1 Å². The first-order valence-electron chi connectivity index (χ1n) is 10.7. The molecule has 32 heavy (non-hydrogen) atoms. The van der Waals surface area contributed by atoms with Gasteiger partial charge in [-0.05, 0) is 35.1 Å². The monoisotopic (exact) mass is 438 g/mol. The molecule has 1 aliphatic heterocycles. The molecule has 168 valence electrons. The molecule has 8 nitrogen and oxygen atoms in total. The molecule has 0 aromatic heterocycles. The second-order valence-corrected chi connectivity index (χ2v) is 8.15. The van der Waals surface area contributed by atoms with Crippen LogP contribution in [0.2, 0.25) is 0 Å². The summed E-state index contributed by atoms with van der Waals surface area (Å²) < 4.78 is 5.41. The van der Waals surface area contributed by atoms with E-state index in [-0.39, 0.29) is 25.5 Å². The van der Waals surface area contributed by atoms with E-state index in [4.69, 9.17) is 4.74 Å². The molecule has 2 unspecified atom stereocenters. The average molecular weight is 438 g/mol. The zero-order valence-electron chi connectivity index (χ0n) is 17.6. The normalized spacial score (nSPS) is 18.0. The Balaban J connectivity index is 1.27. The van der Waals surface area contributed by atoms with Crippen LogP contribution in [-0.2, 0) is 14.3 Å². The SMILES string of the molecule is O=C(NCC(O)CC(=O)N1CCCC1C(=O)O)OCC1c2ccccc2-c2ccccc21. The number of likely N-dealkylation sites (tertiary alicyclic amines) is 1. The number of carboxylic acids is 1. The number of ether oxygens (including phenoxy) is 1. The second-order valence-electron chi connectivity index (χ2n) is 8.15. The van der Waals surface area contributed by atoms with Gasteiger partial charge >= 0.3 is 12.1 Å². The number of carboxylic acid groups (broad SMARTS) is 1. The summed E-state index contributed by atoms with van der Waals surface area (Å²) in [6.45, 7) is 0.360. The van der Waals surface area contributed by atoms with Crippen molar-refractivity contribution in [1.82, 2.24) is 10.2 Å². The minimum atomic E-state index is -1.13. The third-order valence-electron chi connectivity index (χ3n) is 6.09. The van der Waals surface area contributed by atoms with E-state index >= 15 is 0 Å². The van der Waals surface area contributed by atoms with Crippen LogP contribution < -0.4 is 5.32 Å². The molecule has 1 fully saturated rings. The van der Waals surface area contributed by atoms with Crippen molar-refractivity contribution in [1.29, 1.82) is 0 Å². The first kappa shape index (κ1) is 21.8. The number of carbonyl (C=O) groups is 3. The quantitative estimate of drug-likeness (QED) is 0.611. The van der Waals surface area contributed by atoms with Gasteiger partial charge in [-0.1, -0.05) is 48.5 Å². The Morgan fingerprint density at radius 2 is 1.69 bits per heavy atom. The van der Waals surface area contributed by atoms with Gasteiger partial charge in [0.15, 0.2) is 0 Å². The first-order valence-corrected chi connectivity index (χ1v) is 10.7. The number of fused-ring (bicyclic) bond motifs is 3. The number of nitrogens with one attached hydrogen (secondary N) is 1. The van der Waals surface area contributed by atoms with E-state index in [1.54, 1.807) is 0 Å². The number of aliphatic carboxylic acids is 1. The highest BCUT2D eigenvalue weighted by atomic mass is 16.5. The van der Waals surface area contributed by atoms with Crippen molar-refractivity contribution in [3.8, 4) is 11.1 Å². The number of aliphatic hydroxyl groups excluding tert-OH is 1. The van der Waals surface area contributed by atoms with Gasteiger partial charge in [0.2, 0.25) is 5.91 Å². The molecule has 2 atom stereocenters. The van der Waals surface area contributed by atoms with Gasteiger partial charge in [-0.15, -0.1) is 0 Å². The number of hydrogen-bond donors (Lipinski definition) is 3. The number of alkyl carbamates (subject to hydrolysis) is 1. The predicted molar refractivity (Wildman–Crippen MR) is 116 cm³/mol. The molecule has 0 bridgehead atoms. The van der Waals surface area contributed by atoms with Gasteiger partial charge in [0, 0.05) is 19.0 Å². The molecule has 2 aromatic rings. The lowest BCUT2D eigenvalue weighted by atomic mass is 9.98. The topological polar surface area (TPSA) is 116 Å². The van der Waals surface area contributed by atoms with Crippen molar-refractivity contribution in [3.63, 3.8) is 0 Å². The standard InChI is InChI=1S/C24H26N2O6/c27-15(12-22(28)26-11-5-10-21(26)23(29)30)13-25-24(31)32-14-20-18-8-3-1-6-16(18)17-7-2-4-9-19(17)20/h1-4,6-9,15,20-21,27H,5,10-14H2,(H,25,31)(H,29,30). The van der Waals surface area contributed by atoms with E-state index in [1.165, 1.54) is 4.90 Å². The van der Waals surface area contributed by atoms with E-state index in [0.29, 0.717) is 19.4 Å². The van der Waals surface area contributed by atoms with Crippen molar-refractivity contribution in [2.45, 2.75) is 37.3 Å². The fraction of sp³-hybridized carbons (Fsp3) is 0.375. The smallest absolute Gasteiger partial charge is 0.407 e. The zero-order chi connectivity index (χ0) is 22.7. The minimum Gasteiger partial charge on any atom is -0.480 e. The highest BCUT2D eigenvalue weighted by Crippen LogP contribution is 2.44. The molecule has 0 saturated carbocycles. The number of benzene rings is 2. The molecule has 0 spiro atoms. The van der Waals surface area contributed by atoms with Crippen molar-refractivity contribution in [2.24, 2.45) is 0 Å². The van der Waals surface area contributed by atoms with E-state index in [1.807, 2.05) is 36.4 Å². The van der Waals surface area contributed by atoms with Gasteiger partial charge in [0.1, 0.15) is 12.6 Å². The van der Waals surface area contributed by atoms with Gasteiger partial charge in [0.05, 0.1) is 12.5 Å². The molecule has 2 aromatic carbocycles. The minimum absolute atomic E-state index is 0.0669. The van der Waals surface area contributed by atoms with Crippen molar-refractivity contribution < 1.29 is 29.3 Å². The number of aliphatic hydroxyl groups is 1. The molecule has 4 rings (SSSR count). The zero-order valence-corrected chi connectivity index (χ0v) is 17.6. The Hall–Kier alpha value is -3.39. The van der Waals surface area contributed by atoms with Gasteiger partial charge in [-0.3, -0.25) is 4.79 Å². The Morgan fingerprint density at radius 1 is 1.06 bits per heavy atom. The Bertz CT molecular complexity index is 978. The summed E-state index contributed by atoms with van der Waals surface area (Å²) in [5.74, 6) is -1.54. The van der Waals surface area contributed by atoms with Crippen LogP contribution in [0.4, 0.5) is 4.79 Å².